The zero-order chi connectivity index (χ0) is 14.2. The van der Waals surface area contributed by atoms with Crippen molar-refractivity contribution in [1.82, 2.24) is 9.80 Å². The minimum absolute atomic E-state index is 0.159. The number of benzene rings is 1. The fourth-order valence-electron chi connectivity index (χ4n) is 2.39. The normalized spacial score (nSPS) is 19.8. The summed E-state index contributed by atoms with van der Waals surface area (Å²) in [6.45, 7) is 6.26. The third-order valence-corrected chi connectivity index (χ3v) is 4.59. The number of likely N-dealkylation sites (N-methyl/N-ethyl adjacent to an activating group) is 1. The average molecular weight is 346 g/mol. The van der Waals surface area contributed by atoms with Crippen molar-refractivity contribution in [2.75, 3.05) is 20.1 Å². The summed E-state index contributed by atoms with van der Waals surface area (Å²) in [6, 6.07) is 5.87. The van der Waals surface area contributed by atoms with Crippen LogP contribution in [-0.2, 0) is 11.3 Å². The molecule has 1 fully saturated rings. The highest BCUT2D eigenvalue weighted by Gasteiger charge is 2.40. The Morgan fingerprint density at radius 1 is 1.37 bits per heavy atom. The molecule has 0 unspecified atom stereocenters. The molecule has 0 aromatic heterocycles. The van der Waals surface area contributed by atoms with Gasteiger partial charge in [-0.05, 0) is 31.5 Å². The van der Waals surface area contributed by atoms with E-state index in [0.29, 0.717) is 6.54 Å². The molecular weight excluding hydrogens is 328 g/mol. The third-order valence-electron chi connectivity index (χ3n) is 3.74. The van der Waals surface area contributed by atoms with Crippen molar-refractivity contribution in [1.29, 1.82) is 0 Å². The Hall–Kier alpha value is -0.580. The van der Waals surface area contributed by atoms with Gasteiger partial charge in [0.25, 0.3) is 0 Å². The average Bonchev–Trinajstić information content (AvgIpc) is 2.33. The van der Waals surface area contributed by atoms with E-state index in [4.69, 9.17) is 11.6 Å². The van der Waals surface area contributed by atoms with Gasteiger partial charge in [-0.3, -0.25) is 9.69 Å². The van der Waals surface area contributed by atoms with Crippen LogP contribution in [0.4, 0.5) is 0 Å². The molecule has 3 nitrogen and oxygen atoms in total. The molecule has 0 radical (unpaired) electrons. The molecule has 1 heterocycles. The van der Waals surface area contributed by atoms with Crippen LogP contribution in [0.25, 0.3) is 0 Å². The Balaban J connectivity index is 2.21. The quantitative estimate of drug-likeness (QED) is 0.822. The number of rotatable bonds is 2. The Kier molecular flexibility index (Phi) is 4.23. The maximum atomic E-state index is 12.2. The van der Waals surface area contributed by atoms with Crippen molar-refractivity contribution in [2.45, 2.75) is 25.9 Å². The molecule has 0 spiro atoms. The lowest BCUT2D eigenvalue weighted by Crippen LogP contribution is -2.61. The monoisotopic (exact) mass is 344 g/mol. The van der Waals surface area contributed by atoms with Gasteiger partial charge in [-0.1, -0.05) is 33.6 Å². The minimum Gasteiger partial charge on any atom is -0.343 e. The number of hydrogen-bond acceptors (Lipinski definition) is 2. The highest BCUT2D eigenvalue weighted by Crippen LogP contribution is 2.28. The van der Waals surface area contributed by atoms with Gasteiger partial charge >= 0.3 is 0 Å². The van der Waals surface area contributed by atoms with Gasteiger partial charge in [-0.25, -0.2) is 0 Å². The van der Waals surface area contributed by atoms with Crippen molar-refractivity contribution in [3.63, 3.8) is 0 Å². The van der Waals surface area contributed by atoms with Gasteiger partial charge in [-0.2, -0.15) is 0 Å². The molecule has 1 aromatic carbocycles. The number of carbonyl (C=O) groups is 1. The number of carbonyl (C=O) groups excluding carboxylic acids is 1. The number of amides is 1. The van der Waals surface area contributed by atoms with E-state index >= 15 is 0 Å². The van der Waals surface area contributed by atoms with Crippen molar-refractivity contribution >= 4 is 33.4 Å². The lowest BCUT2D eigenvalue weighted by Gasteiger charge is -2.44. The molecule has 1 aromatic rings. The number of piperazine rings is 1. The van der Waals surface area contributed by atoms with E-state index in [1.54, 1.807) is 4.90 Å². The third kappa shape index (κ3) is 2.96. The Morgan fingerprint density at radius 3 is 2.68 bits per heavy atom. The molecule has 5 heteroatoms. The molecule has 1 saturated heterocycles. The molecular formula is C14H18BrClN2O. The van der Waals surface area contributed by atoms with Gasteiger partial charge in [0.2, 0.25) is 5.91 Å². The Bertz CT molecular complexity index is 504. The molecule has 2 rings (SSSR count). The molecule has 1 amide bonds. The van der Waals surface area contributed by atoms with Crippen LogP contribution in [0.2, 0.25) is 5.02 Å². The summed E-state index contributed by atoms with van der Waals surface area (Å²) in [5, 5.41) is 0.733. The van der Waals surface area contributed by atoms with E-state index in [9.17, 15) is 4.79 Å². The maximum absolute atomic E-state index is 12.2. The molecule has 19 heavy (non-hydrogen) atoms. The topological polar surface area (TPSA) is 23.6 Å². The SMILES string of the molecule is CN1CCN(Cc2ccc(Br)cc2Cl)C(C)(C)C1=O. The number of halogens is 2. The molecule has 0 bridgehead atoms. The number of nitrogens with zero attached hydrogens (tertiary/aromatic N) is 2. The van der Waals surface area contributed by atoms with Gasteiger partial charge in [0.1, 0.15) is 0 Å². The largest absolute Gasteiger partial charge is 0.343 e. The van der Waals surface area contributed by atoms with E-state index in [1.807, 2.05) is 39.1 Å². The summed E-state index contributed by atoms with van der Waals surface area (Å²) in [6.07, 6.45) is 0. The predicted octanol–water partition coefficient (Wildman–Crippen LogP) is 3.16. The lowest BCUT2D eigenvalue weighted by atomic mass is 9.97. The second-order valence-corrected chi connectivity index (χ2v) is 6.77. The first kappa shape index (κ1) is 14.8. The van der Waals surface area contributed by atoms with Crippen molar-refractivity contribution in [3.05, 3.63) is 33.3 Å². The lowest BCUT2D eigenvalue weighted by molar-refractivity contribution is -0.147. The number of hydrogen-bond donors (Lipinski definition) is 0. The van der Waals surface area contributed by atoms with Crippen molar-refractivity contribution in [2.24, 2.45) is 0 Å². The van der Waals surface area contributed by atoms with E-state index in [1.165, 1.54) is 0 Å². The summed E-state index contributed by atoms with van der Waals surface area (Å²) in [5.41, 5.74) is 0.568. The molecule has 1 aliphatic heterocycles. The standard InChI is InChI=1S/C14H18BrClN2O/c1-14(2)13(19)17(3)6-7-18(14)9-10-4-5-11(15)8-12(10)16/h4-5,8H,6-7,9H2,1-3H3. The summed E-state index contributed by atoms with van der Waals surface area (Å²) in [7, 11) is 1.86. The molecule has 0 N–H and O–H groups in total. The van der Waals surface area contributed by atoms with E-state index in [2.05, 4.69) is 20.8 Å². The molecule has 0 saturated carbocycles. The van der Waals surface area contributed by atoms with Crippen LogP contribution in [0.15, 0.2) is 22.7 Å². The van der Waals surface area contributed by atoms with Gasteiger partial charge in [0, 0.05) is 36.2 Å². The molecule has 0 aliphatic carbocycles. The zero-order valence-corrected chi connectivity index (χ0v) is 13.8. The Labute approximate surface area is 127 Å². The van der Waals surface area contributed by atoms with Gasteiger partial charge in [0.15, 0.2) is 0 Å². The van der Waals surface area contributed by atoms with Crippen molar-refractivity contribution in [3.8, 4) is 0 Å². The second kappa shape index (κ2) is 5.43. The van der Waals surface area contributed by atoms with Gasteiger partial charge in [0.05, 0.1) is 5.54 Å². The van der Waals surface area contributed by atoms with Gasteiger partial charge in [-0.15, -0.1) is 0 Å². The van der Waals surface area contributed by atoms with Crippen LogP contribution in [0.3, 0.4) is 0 Å². The van der Waals surface area contributed by atoms with Gasteiger partial charge < -0.3 is 4.90 Å². The van der Waals surface area contributed by atoms with E-state index < -0.39 is 5.54 Å². The summed E-state index contributed by atoms with van der Waals surface area (Å²) >= 11 is 9.66. The highest BCUT2D eigenvalue weighted by atomic mass is 79.9. The van der Waals surface area contributed by atoms with E-state index in [0.717, 1.165) is 28.1 Å². The van der Waals surface area contributed by atoms with Crippen LogP contribution in [0.5, 0.6) is 0 Å². The van der Waals surface area contributed by atoms with Crippen LogP contribution < -0.4 is 0 Å². The fraction of sp³-hybridized carbons (Fsp3) is 0.500. The minimum atomic E-state index is -0.483. The molecule has 0 atom stereocenters. The first-order valence-electron chi connectivity index (χ1n) is 6.27. The smallest absolute Gasteiger partial charge is 0.242 e. The molecule has 1 aliphatic rings. The Morgan fingerprint density at radius 2 is 2.05 bits per heavy atom. The fourth-order valence-corrected chi connectivity index (χ4v) is 3.12. The summed E-state index contributed by atoms with van der Waals surface area (Å²) < 4.78 is 0.968. The van der Waals surface area contributed by atoms with Crippen molar-refractivity contribution < 1.29 is 4.79 Å². The predicted molar refractivity (Wildman–Crippen MR) is 81.3 cm³/mol. The van der Waals surface area contributed by atoms with Crippen LogP contribution in [-0.4, -0.2) is 41.4 Å². The maximum Gasteiger partial charge on any atom is 0.242 e. The first-order chi connectivity index (χ1) is 8.82. The summed E-state index contributed by atoms with van der Waals surface area (Å²) in [4.78, 5) is 16.2. The first-order valence-corrected chi connectivity index (χ1v) is 7.44. The summed E-state index contributed by atoms with van der Waals surface area (Å²) in [5.74, 6) is 0.159. The van der Waals surface area contributed by atoms with Crippen LogP contribution >= 0.6 is 27.5 Å². The van der Waals surface area contributed by atoms with E-state index in [-0.39, 0.29) is 5.91 Å². The zero-order valence-electron chi connectivity index (χ0n) is 11.4. The van der Waals surface area contributed by atoms with Crippen LogP contribution in [0.1, 0.15) is 19.4 Å². The molecule has 104 valence electrons. The highest BCUT2D eigenvalue weighted by molar-refractivity contribution is 9.10. The second-order valence-electron chi connectivity index (χ2n) is 5.44. The van der Waals surface area contributed by atoms with Crippen LogP contribution in [0, 0.1) is 0 Å².